The van der Waals surface area contributed by atoms with Crippen LogP contribution in [0.4, 0.5) is 0 Å². The standard InChI is InChI=1S/C19H21N5O/c1-3-15-8-10-16(11-9-15)19-21-23-24(22-19)13-18(25)20-12-17-7-5-4-6-14(17)2/h4-11H,3,12-13H2,1-2H3,(H,20,25). The fourth-order valence-corrected chi connectivity index (χ4v) is 2.50. The zero-order chi connectivity index (χ0) is 17.6. The van der Waals surface area contributed by atoms with Crippen LogP contribution in [0, 0.1) is 6.92 Å². The molecule has 1 N–H and O–H groups in total. The van der Waals surface area contributed by atoms with Crippen molar-refractivity contribution in [3.8, 4) is 11.4 Å². The van der Waals surface area contributed by atoms with Crippen molar-refractivity contribution >= 4 is 5.91 Å². The summed E-state index contributed by atoms with van der Waals surface area (Å²) in [6.45, 7) is 4.67. The molecular weight excluding hydrogens is 314 g/mol. The van der Waals surface area contributed by atoms with E-state index in [-0.39, 0.29) is 12.5 Å². The van der Waals surface area contributed by atoms with Gasteiger partial charge in [-0.1, -0.05) is 55.5 Å². The Balaban J connectivity index is 1.59. The van der Waals surface area contributed by atoms with Gasteiger partial charge >= 0.3 is 0 Å². The molecule has 0 radical (unpaired) electrons. The van der Waals surface area contributed by atoms with E-state index in [9.17, 15) is 4.79 Å². The Morgan fingerprint density at radius 3 is 2.60 bits per heavy atom. The van der Waals surface area contributed by atoms with E-state index in [2.05, 4.69) is 27.7 Å². The predicted octanol–water partition coefficient (Wildman–Crippen LogP) is 2.53. The van der Waals surface area contributed by atoms with Crippen LogP contribution in [0.15, 0.2) is 48.5 Å². The molecule has 0 saturated carbocycles. The Labute approximate surface area is 146 Å². The first-order chi connectivity index (χ1) is 12.2. The maximum atomic E-state index is 12.1. The molecule has 0 spiro atoms. The number of hydrogen-bond acceptors (Lipinski definition) is 4. The predicted molar refractivity (Wildman–Crippen MR) is 95.7 cm³/mol. The van der Waals surface area contributed by atoms with E-state index in [1.165, 1.54) is 10.4 Å². The van der Waals surface area contributed by atoms with Crippen LogP contribution >= 0.6 is 0 Å². The van der Waals surface area contributed by atoms with Crippen molar-refractivity contribution in [3.05, 3.63) is 65.2 Å². The lowest BCUT2D eigenvalue weighted by Gasteiger charge is -2.07. The van der Waals surface area contributed by atoms with E-state index in [0.717, 1.165) is 23.1 Å². The molecule has 0 aliphatic heterocycles. The molecule has 0 aliphatic rings. The number of aromatic nitrogens is 4. The third-order valence-corrected chi connectivity index (χ3v) is 4.10. The number of tetrazole rings is 1. The number of carbonyl (C=O) groups is 1. The Kier molecular flexibility index (Phi) is 5.18. The second-order valence-corrected chi connectivity index (χ2v) is 5.90. The number of hydrogen-bond donors (Lipinski definition) is 1. The van der Waals surface area contributed by atoms with E-state index >= 15 is 0 Å². The molecule has 6 nitrogen and oxygen atoms in total. The Morgan fingerprint density at radius 2 is 1.88 bits per heavy atom. The lowest BCUT2D eigenvalue weighted by atomic mass is 10.1. The highest BCUT2D eigenvalue weighted by Crippen LogP contribution is 2.14. The van der Waals surface area contributed by atoms with Crippen molar-refractivity contribution in [1.82, 2.24) is 25.5 Å². The van der Waals surface area contributed by atoms with Gasteiger partial charge in [-0.2, -0.15) is 4.80 Å². The molecule has 3 rings (SSSR count). The van der Waals surface area contributed by atoms with Gasteiger partial charge in [-0.15, -0.1) is 10.2 Å². The first-order valence-electron chi connectivity index (χ1n) is 8.34. The van der Waals surface area contributed by atoms with Gasteiger partial charge in [0.25, 0.3) is 0 Å². The number of carbonyl (C=O) groups excluding carboxylic acids is 1. The number of aryl methyl sites for hydroxylation is 2. The molecule has 0 aliphatic carbocycles. The van der Waals surface area contributed by atoms with E-state index in [4.69, 9.17) is 0 Å². The van der Waals surface area contributed by atoms with Crippen molar-refractivity contribution in [1.29, 1.82) is 0 Å². The molecule has 25 heavy (non-hydrogen) atoms. The summed E-state index contributed by atoms with van der Waals surface area (Å²) < 4.78 is 0. The van der Waals surface area contributed by atoms with Gasteiger partial charge in [-0.25, -0.2) is 0 Å². The molecule has 1 heterocycles. The number of rotatable bonds is 6. The number of nitrogens with zero attached hydrogens (tertiary/aromatic N) is 4. The van der Waals surface area contributed by atoms with E-state index < -0.39 is 0 Å². The van der Waals surface area contributed by atoms with Gasteiger partial charge in [-0.05, 0) is 35.2 Å². The highest BCUT2D eigenvalue weighted by atomic mass is 16.2. The van der Waals surface area contributed by atoms with Crippen molar-refractivity contribution in [3.63, 3.8) is 0 Å². The minimum Gasteiger partial charge on any atom is -0.350 e. The second kappa shape index (κ2) is 7.70. The molecule has 1 aromatic heterocycles. The maximum absolute atomic E-state index is 12.1. The third-order valence-electron chi connectivity index (χ3n) is 4.10. The largest absolute Gasteiger partial charge is 0.350 e. The van der Waals surface area contributed by atoms with E-state index in [1.807, 2.05) is 55.5 Å². The molecule has 1 amide bonds. The highest BCUT2D eigenvalue weighted by molar-refractivity contribution is 5.75. The quantitative estimate of drug-likeness (QED) is 0.751. The smallest absolute Gasteiger partial charge is 0.243 e. The van der Waals surface area contributed by atoms with Crippen molar-refractivity contribution < 1.29 is 4.79 Å². The van der Waals surface area contributed by atoms with Gasteiger partial charge in [0.2, 0.25) is 11.7 Å². The zero-order valence-corrected chi connectivity index (χ0v) is 14.4. The summed E-state index contributed by atoms with van der Waals surface area (Å²) in [6.07, 6.45) is 0.988. The molecule has 3 aromatic rings. The Morgan fingerprint density at radius 1 is 1.12 bits per heavy atom. The van der Waals surface area contributed by atoms with Gasteiger partial charge < -0.3 is 5.32 Å². The Hall–Kier alpha value is -3.02. The lowest BCUT2D eigenvalue weighted by molar-refractivity contribution is -0.122. The second-order valence-electron chi connectivity index (χ2n) is 5.90. The fraction of sp³-hybridized carbons (Fsp3) is 0.263. The fourth-order valence-electron chi connectivity index (χ4n) is 2.50. The molecule has 0 atom stereocenters. The summed E-state index contributed by atoms with van der Waals surface area (Å²) in [5.74, 6) is 0.378. The highest BCUT2D eigenvalue weighted by Gasteiger charge is 2.09. The van der Waals surface area contributed by atoms with E-state index in [1.54, 1.807) is 0 Å². The van der Waals surface area contributed by atoms with Crippen LogP contribution in [0.25, 0.3) is 11.4 Å². The average Bonchev–Trinajstić information content (AvgIpc) is 3.09. The lowest BCUT2D eigenvalue weighted by Crippen LogP contribution is -2.28. The van der Waals surface area contributed by atoms with Crippen LogP contribution in [0.5, 0.6) is 0 Å². The molecule has 0 fully saturated rings. The summed E-state index contributed by atoms with van der Waals surface area (Å²) in [4.78, 5) is 13.4. The van der Waals surface area contributed by atoms with Crippen molar-refractivity contribution in [2.24, 2.45) is 0 Å². The van der Waals surface area contributed by atoms with Gasteiger partial charge in [0.05, 0.1) is 0 Å². The van der Waals surface area contributed by atoms with Crippen LogP contribution in [0.2, 0.25) is 0 Å². The van der Waals surface area contributed by atoms with Crippen LogP contribution in [0.1, 0.15) is 23.6 Å². The van der Waals surface area contributed by atoms with Crippen molar-refractivity contribution in [2.75, 3.05) is 0 Å². The summed E-state index contributed by atoms with van der Waals surface area (Å²) >= 11 is 0. The molecule has 6 heteroatoms. The molecule has 0 saturated heterocycles. The molecule has 128 valence electrons. The Bertz CT molecular complexity index is 854. The average molecular weight is 335 g/mol. The van der Waals surface area contributed by atoms with Gasteiger partial charge in [0, 0.05) is 12.1 Å². The minimum atomic E-state index is -0.145. The van der Waals surface area contributed by atoms with Crippen molar-refractivity contribution in [2.45, 2.75) is 33.4 Å². The minimum absolute atomic E-state index is 0.0475. The summed E-state index contributed by atoms with van der Waals surface area (Å²) in [7, 11) is 0. The van der Waals surface area contributed by atoms with E-state index in [0.29, 0.717) is 12.4 Å². The summed E-state index contributed by atoms with van der Waals surface area (Å²) in [5, 5.41) is 15.2. The zero-order valence-electron chi connectivity index (χ0n) is 14.4. The van der Waals surface area contributed by atoms with Gasteiger partial charge in [0.15, 0.2) is 0 Å². The topological polar surface area (TPSA) is 72.7 Å². The first-order valence-corrected chi connectivity index (χ1v) is 8.34. The number of amides is 1. The molecule has 0 bridgehead atoms. The van der Waals surface area contributed by atoms with Gasteiger partial charge in [0.1, 0.15) is 6.54 Å². The van der Waals surface area contributed by atoms with Crippen LogP contribution in [-0.2, 0) is 24.3 Å². The van der Waals surface area contributed by atoms with Crippen LogP contribution in [0.3, 0.4) is 0 Å². The SMILES string of the molecule is CCc1ccc(-c2nnn(CC(=O)NCc3ccccc3C)n2)cc1. The number of benzene rings is 2. The first kappa shape index (κ1) is 16.8. The van der Waals surface area contributed by atoms with Crippen LogP contribution < -0.4 is 5.32 Å². The van der Waals surface area contributed by atoms with Gasteiger partial charge in [-0.3, -0.25) is 4.79 Å². The molecule has 0 unspecified atom stereocenters. The monoisotopic (exact) mass is 335 g/mol. The van der Waals surface area contributed by atoms with Crippen LogP contribution in [-0.4, -0.2) is 26.1 Å². The maximum Gasteiger partial charge on any atom is 0.243 e. The molecule has 2 aromatic carbocycles. The summed E-state index contributed by atoms with van der Waals surface area (Å²) in [5.41, 5.74) is 4.40. The number of nitrogens with one attached hydrogen (secondary N) is 1. The normalized spacial score (nSPS) is 10.6. The summed E-state index contributed by atoms with van der Waals surface area (Å²) in [6, 6.07) is 16.0. The third kappa shape index (κ3) is 4.29. The molecular formula is C19H21N5O.